The number of hydrogen-bond donors (Lipinski definition) is 1. The zero-order valence-corrected chi connectivity index (χ0v) is 8.54. The van der Waals surface area contributed by atoms with Gasteiger partial charge in [-0.1, -0.05) is 11.6 Å². The van der Waals surface area contributed by atoms with Crippen molar-refractivity contribution < 1.29 is 14.6 Å². The fourth-order valence-electron chi connectivity index (χ4n) is 1.45. The maximum absolute atomic E-state index is 9.51. The Bertz CT molecular complexity index is 439. The smallest absolute Gasteiger partial charge is 0.167 e. The summed E-state index contributed by atoms with van der Waals surface area (Å²) in [6, 6.07) is 3.37. The van der Waals surface area contributed by atoms with Crippen molar-refractivity contribution >= 4 is 11.6 Å². The lowest BCUT2D eigenvalue weighted by Gasteiger charge is -2.21. The minimum Gasteiger partial charge on any atom is -0.506 e. The standard InChI is InChI=1S/C10H8ClNO3/c11-9-6(1-2-12)10-8(5-7(9)13)14-3-4-15-10/h5,13H,1,3-4H2. The molecule has 0 unspecified atom stereocenters. The predicted molar refractivity (Wildman–Crippen MR) is 53.4 cm³/mol. The van der Waals surface area contributed by atoms with E-state index >= 15 is 0 Å². The van der Waals surface area contributed by atoms with Crippen LogP contribution in [0.5, 0.6) is 17.2 Å². The van der Waals surface area contributed by atoms with Gasteiger partial charge in [0, 0.05) is 11.6 Å². The third kappa shape index (κ3) is 1.66. The van der Waals surface area contributed by atoms with Gasteiger partial charge in [0.05, 0.1) is 17.5 Å². The summed E-state index contributed by atoms with van der Waals surface area (Å²) in [5.74, 6) is 0.810. The Kier molecular flexibility index (Phi) is 2.57. The molecule has 78 valence electrons. The number of aromatic hydroxyl groups is 1. The maximum atomic E-state index is 9.51. The van der Waals surface area contributed by atoms with Gasteiger partial charge < -0.3 is 14.6 Å². The quantitative estimate of drug-likeness (QED) is 0.793. The minimum atomic E-state index is -0.0915. The second-order valence-electron chi connectivity index (χ2n) is 3.05. The highest BCUT2D eigenvalue weighted by molar-refractivity contribution is 6.33. The lowest BCUT2D eigenvalue weighted by molar-refractivity contribution is 0.169. The molecule has 0 amide bonds. The summed E-state index contributed by atoms with van der Waals surface area (Å²) >= 11 is 5.87. The van der Waals surface area contributed by atoms with Crippen LogP contribution in [0.1, 0.15) is 5.56 Å². The molecule has 0 atom stereocenters. The molecular weight excluding hydrogens is 218 g/mol. The van der Waals surface area contributed by atoms with E-state index in [1.165, 1.54) is 6.07 Å². The number of halogens is 1. The van der Waals surface area contributed by atoms with Gasteiger partial charge in [0.15, 0.2) is 11.5 Å². The molecule has 2 rings (SSSR count). The normalized spacial score (nSPS) is 13.3. The highest BCUT2D eigenvalue weighted by Crippen LogP contribution is 2.43. The van der Waals surface area contributed by atoms with Gasteiger partial charge >= 0.3 is 0 Å². The Balaban J connectivity index is 2.58. The number of ether oxygens (including phenoxy) is 2. The van der Waals surface area contributed by atoms with Crippen molar-refractivity contribution in [3.8, 4) is 23.3 Å². The summed E-state index contributed by atoms with van der Waals surface area (Å²) in [7, 11) is 0. The van der Waals surface area contributed by atoms with Crippen molar-refractivity contribution in [1.29, 1.82) is 5.26 Å². The molecule has 0 fully saturated rings. The maximum Gasteiger partial charge on any atom is 0.167 e. The second-order valence-corrected chi connectivity index (χ2v) is 3.43. The van der Waals surface area contributed by atoms with Gasteiger partial charge in [-0.05, 0) is 0 Å². The van der Waals surface area contributed by atoms with Crippen LogP contribution in [-0.4, -0.2) is 18.3 Å². The van der Waals surface area contributed by atoms with Gasteiger partial charge in [0.2, 0.25) is 0 Å². The van der Waals surface area contributed by atoms with Gasteiger partial charge in [-0.2, -0.15) is 5.26 Å². The third-order valence-corrected chi connectivity index (χ3v) is 2.52. The Hall–Kier alpha value is -1.60. The molecular formula is C10H8ClNO3. The first kappa shape index (κ1) is 9.94. The number of hydrogen-bond acceptors (Lipinski definition) is 4. The third-order valence-electron chi connectivity index (χ3n) is 2.10. The van der Waals surface area contributed by atoms with E-state index in [9.17, 15) is 5.11 Å². The average Bonchev–Trinajstić information content (AvgIpc) is 2.25. The zero-order valence-electron chi connectivity index (χ0n) is 7.79. The molecule has 5 heteroatoms. The van der Waals surface area contributed by atoms with Crippen LogP contribution in [0.3, 0.4) is 0 Å². The molecule has 0 aromatic heterocycles. The van der Waals surface area contributed by atoms with Crippen molar-refractivity contribution in [2.75, 3.05) is 13.2 Å². The fourth-order valence-corrected chi connectivity index (χ4v) is 1.66. The molecule has 1 aromatic rings. The molecule has 1 heterocycles. The van der Waals surface area contributed by atoms with Crippen molar-refractivity contribution in [3.63, 3.8) is 0 Å². The van der Waals surface area contributed by atoms with E-state index < -0.39 is 0 Å². The average molecular weight is 226 g/mol. The predicted octanol–water partition coefficient (Wildman–Crippen LogP) is 1.88. The Morgan fingerprint density at radius 1 is 1.47 bits per heavy atom. The first-order valence-corrected chi connectivity index (χ1v) is 4.78. The van der Waals surface area contributed by atoms with E-state index in [2.05, 4.69) is 0 Å². The number of phenolic OH excluding ortho intramolecular Hbond substituents is 1. The highest BCUT2D eigenvalue weighted by atomic mass is 35.5. The number of rotatable bonds is 1. The monoisotopic (exact) mass is 225 g/mol. The number of nitriles is 1. The SMILES string of the molecule is N#CCc1c(Cl)c(O)cc2c1OCCO2. The number of benzene rings is 1. The number of fused-ring (bicyclic) bond motifs is 1. The first-order chi connectivity index (χ1) is 7.24. The van der Waals surface area contributed by atoms with Crippen molar-refractivity contribution in [2.45, 2.75) is 6.42 Å². The lowest BCUT2D eigenvalue weighted by Crippen LogP contribution is -2.16. The van der Waals surface area contributed by atoms with E-state index in [1.807, 2.05) is 6.07 Å². The summed E-state index contributed by atoms with van der Waals surface area (Å²) in [5.41, 5.74) is 0.480. The number of phenols is 1. The molecule has 0 aliphatic carbocycles. The summed E-state index contributed by atoms with van der Waals surface area (Å²) < 4.78 is 10.7. The van der Waals surface area contributed by atoms with Crippen LogP contribution in [0, 0.1) is 11.3 Å². The zero-order chi connectivity index (χ0) is 10.8. The van der Waals surface area contributed by atoms with Crippen LogP contribution in [-0.2, 0) is 6.42 Å². The van der Waals surface area contributed by atoms with E-state index in [-0.39, 0.29) is 17.2 Å². The Morgan fingerprint density at radius 2 is 2.20 bits per heavy atom. The van der Waals surface area contributed by atoms with Crippen LogP contribution in [0.15, 0.2) is 6.07 Å². The van der Waals surface area contributed by atoms with Gasteiger partial charge in [0.1, 0.15) is 19.0 Å². The van der Waals surface area contributed by atoms with Crippen molar-refractivity contribution in [3.05, 3.63) is 16.7 Å². The van der Waals surface area contributed by atoms with E-state index in [0.717, 1.165) is 0 Å². The summed E-state index contributed by atoms with van der Waals surface area (Å²) in [6.07, 6.45) is 0.0823. The molecule has 0 saturated heterocycles. The van der Waals surface area contributed by atoms with Crippen LogP contribution >= 0.6 is 11.6 Å². The minimum absolute atomic E-state index is 0.0823. The van der Waals surface area contributed by atoms with E-state index in [0.29, 0.717) is 30.3 Å². The molecule has 15 heavy (non-hydrogen) atoms. The van der Waals surface area contributed by atoms with Gasteiger partial charge in [0.25, 0.3) is 0 Å². The first-order valence-electron chi connectivity index (χ1n) is 4.41. The topological polar surface area (TPSA) is 62.5 Å². The molecule has 0 bridgehead atoms. The van der Waals surface area contributed by atoms with Gasteiger partial charge in [-0.25, -0.2) is 0 Å². The summed E-state index contributed by atoms with van der Waals surface area (Å²) in [6.45, 7) is 0.854. The summed E-state index contributed by atoms with van der Waals surface area (Å²) in [4.78, 5) is 0. The fraction of sp³-hybridized carbons (Fsp3) is 0.300. The molecule has 1 aliphatic rings. The Labute approximate surface area is 91.6 Å². The molecule has 1 aliphatic heterocycles. The lowest BCUT2D eigenvalue weighted by atomic mass is 10.1. The molecule has 0 radical (unpaired) electrons. The number of nitrogens with zero attached hydrogens (tertiary/aromatic N) is 1. The van der Waals surface area contributed by atoms with Crippen LogP contribution < -0.4 is 9.47 Å². The Morgan fingerprint density at radius 3 is 2.93 bits per heavy atom. The summed E-state index contributed by atoms with van der Waals surface area (Å²) in [5, 5.41) is 18.3. The van der Waals surface area contributed by atoms with E-state index in [1.54, 1.807) is 0 Å². The largest absolute Gasteiger partial charge is 0.506 e. The molecule has 4 nitrogen and oxygen atoms in total. The molecule has 0 spiro atoms. The molecule has 0 saturated carbocycles. The molecule has 1 N–H and O–H groups in total. The second kappa shape index (κ2) is 3.87. The van der Waals surface area contributed by atoms with Crippen LogP contribution in [0.25, 0.3) is 0 Å². The van der Waals surface area contributed by atoms with Gasteiger partial charge in [-0.3, -0.25) is 0 Å². The highest BCUT2D eigenvalue weighted by Gasteiger charge is 2.21. The van der Waals surface area contributed by atoms with Gasteiger partial charge in [-0.15, -0.1) is 0 Å². The molecule has 1 aromatic carbocycles. The van der Waals surface area contributed by atoms with Crippen molar-refractivity contribution in [2.24, 2.45) is 0 Å². The van der Waals surface area contributed by atoms with Crippen LogP contribution in [0.2, 0.25) is 5.02 Å². The van der Waals surface area contributed by atoms with Crippen molar-refractivity contribution in [1.82, 2.24) is 0 Å². The van der Waals surface area contributed by atoms with E-state index in [4.69, 9.17) is 26.3 Å². The van der Waals surface area contributed by atoms with Crippen LogP contribution in [0.4, 0.5) is 0 Å².